The molecule has 3 rings (SSSR count). The van der Waals surface area contributed by atoms with Gasteiger partial charge in [-0.2, -0.15) is 0 Å². The summed E-state index contributed by atoms with van der Waals surface area (Å²) in [6, 6.07) is 9.73. The Morgan fingerprint density at radius 1 is 1.14 bits per heavy atom. The van der Waals surface area contributed by atoms with E-state index in [2.05, 4.69) is 5.32 Å². The Labute approximate surface area is 167 Å². The Kier molecular flexibility index (Phi) is 6.01. The van der Waals surface area contributed by atoms with Crippen molar-refractivity contribution in [2.45, 2.75) is 25.3 Å². The molecule has 2 aromatic carbocycles. The predicted molar refractivity (Wildman–Crippen MR) is 105 cm³/mol. The number of amides is 2. The molecule has 2 aromatic rings. The summed E-state index contributed by atoms with van der Waals surface area (Å²) in [4.78, 5) is 38.2. The van der Waals surface area contributed by atoms with Crippen molar-refractivity contribution in [1.82, 2.24) is 4.90 Å². The van der Waals surface area contributed by atoms with Gasteiger partial charge in [-0.15, -0.1) is 0 Å². The number of phenols is 1. The van der Waals surface area contributed by atoms with Crippen molar-refractivity contribution in [1.29, 1.82) is 0 Å². The number of likely N-dealkylation sites (tertiary alicyclic amines) is 1. The van der Waals surface area contributed by atoms with Crippen molar-refractivity contribution >= 4 is 23.5 Å². The van der Waals surface area contributed by atoms with Crippen LogP contribution < -0.4 is 10.1 Å². The number of methoxy groups -OCH3 is 1. The number of nitrogens with zero attached hydrogens (tertiary/aromatic N) is 1. The van der Waals surface area contributed by atoms with E-state index >= 15 is 0 Å². The van der Waals surface area contributed by atoms with Crippen molar-refractivity contribution in [3.8, 4) is 11.5 Å². The number of hydrogen-bond acceptors (Lipinski definition) is 5. The molecular weight excluding hydrogens is 376 g/mol. The second kappa shape index (κ2) is 8.64. The van der Waals surface area contributed by atoms with E-state index in [-0.39, 0.29) is 16.9 Å². The molecule has 1 aliphatic heterocycles. The summed E-state index contributed by atoms with van der Waals surface area (Å²) >= 11 is 0. The highest BCUT2D eigenvalue weighted by atomic mass is 16.5. The van der Waals surface area contributed by atoms with Crippen LogP contribution in [0.4, 0.5) is 5.69 Å². The molecular formula is C21H22N2O6. The van der Waals surface area contributed by atoms with Gasteiger partial charge in [0.15, 0.2) is 0 Å². The lowest BCUT2D eigenvalue weighted by Crippen LogP contribution is -2.48. The summed E-state index contributed by atoms with van der Waals surface area (Å²) < 4.78 is 5.07. The molecule has 8 heteroatoms. The molecule has 0 saturated carbocycles. The van der Waals surface area contributed by atoms with Crippen LogP contribution in [0.1, 0.15) is 40.0 Å². The second-order valence-electron chi connectivity index (χ2n) is 6.77. The molecule has 1 atom stereocenters. The minimum atomic E-state index is -1.02. The smallest absolute Gasteiger partial charge is 0.326 e. The molecule has 1 aliphatic rings. The van der Waals surface area contributed by atoms with Crippen LogP contribution in [-0.2, 0) is 4.79 Å². The number of carbonyl (C=O) groups excluding carboxylic acids is 2. The number of benzene rings is 2. The topological polar surface area (TPSA) is 116 Å². The van der Waals surface area contributed by atoms with Crippen LogP contribution in [0.3, 0.4) is 0 Å². The molecule has 2 amide bonds. The zero-order valence-electron chi connectivity index (χ0n) is 15.9. The number of ether oxygens (including phenoxy) is 1. The third-order valence-corrected chi connectivity index (χ3v) is 4.86. The first-order valence-electron chi connectivity index (χ1n) is 9.23. The number of carboxylic acids is 1. The van der Waals surface area contributed by atoms with Crippen LogP contribution in [0.25, 0.3) is 0 Å². The van der Waals surface area contributed by atoms with Gasteiger partial charge in [0.05, 0.1) is 12.7 Å². The minimum absolute atomic E-state index is 0.0306. The lowest BCUT2D eigenvalue weighted by atomic mass is 10.0. The van der Waals surface area contributed by atoms with Crippen LogP contribution >= 0.6 is 0 Å². The van der Waals surface area contributed by atoms with Gasteiger partial charge in [0.2, 0.25) is 0 Å². The molecule has 3 N–H and O–H groups in total. The summed E-state index contributed by atoms with van der Waals surface area (Å²) in [6.45, 7) is 0.379. The maximum atomic E-state index is 12.9. The van der Waals surface area contributed by atoms with Gasteiger partial charge in [-0.1, -0.05) is 6.07 Å². The van der Waals surface area contributed by atoms with Crippen LogP contribution in [0.15, 0.2) is 42.5 Å². The SMILES string of the molecule is COc1ccc(O)c(C(=O)Nc2cccc(C(=O)N3CCCCC3C(=O)O)c2)c1. The first-order chi connectivity index (χ1) is 13.9. The fourth-order valence-electron chi connectivity index (χ4n) is 3.35. The number of hydrogen-bond donors (Lipinski definition) is 3. The van der Waals surface area contributed by atoms with Gasteiger partial charge in [0.25, 0.3) is 11.8 Å². The number of carbonyl (C=O) groups is 3. The van der Waals surface area contributed by atoms with Crippen molar-refractivity contribution in [3.05, 3.63) is 53.6 Å². The summed E-state index contributed by atoms with van der Waals surface area (Å²) in [5.74, 6) is -1.75. The molecule has 0 aromatic heterocycles. The van der Waals surface area contributed by atoms with Gasteiger partial charge in [0, 0.05) is 17.8 Å². The molecule has 1 saturated heterocycles. The van der Waals surface area contributed by atoms with E-state index in [0.29, 0.717) is 24.4 Å². The third-order valence-electron chi connectivity index (χ3n) is 4.86. The number of piperidine rings is 1. The molecule has 0 radical (unpaired) electrons. The largest absolute Gasteiger partial charge is 0.507 e. The standard InChI is InChI=1S/C21H22N2O6/c1-29-15-8-9-18(24)16(12-15)19(25)22-14-6-4-5-13(11-14)20(26)23-10-3-2-7-17(23)21(27)28/h4-6,8-9,11-12,17,24H,2-3,7,10H2,1H3,(H,22,25)(H,27,28). The molecule has 1 unspecified atom stereocenters. The summed E-state index contributed by atoms with van der Waals surface area (Å²) in [5.41, 5.74) is 0.667. The van der Waals surface area contributed by atoms with E-state index in [0.717, 1.165) is 12.8 Å². The fraction of sp³-hybridized carbons (Fsp3) is 0.286. The number of aromatic hydroxyl groups is 1. The molecule has 0 bridgehead atoms. The molecule has 0 spiro atoms. The zero-order chi connectivity index (χ0) is 21.0. The molecule has 1 fully saturated rings. The molecule has 8 nitrogen and oxygen atoms in total. The van der Waals surface area contributed by atoms with Gasteiger partial charge in [-0.25, -0.2) is 4.79 Å². The lowest BCUT2D eigenvalue weighted by Gasteiger charge is -2.33. The highest BCUT2D eigenvalue weighted by molar-refractivity contribution is 6.07. The number of aliphatic carboxylic acids is 1. The molecule has 152 valence electrons. The highest BCUT2D eigenvalue weighted by Crippen LogP contribution is 2.25. The van der Waals surface area contributed by atoms with E-state index in [1.807, 2.05) is 0 Å². The van der Waals surface area contributed by atoms with E-state index in [4.69, 9.17) is 4.74 Å². The van der Waals surface area contributed by atoms with Crippen molar-refractivity contribution < 1.29 is 29.3 Å². The van der Waals surface area contributed by atoms with Crippen LogP contribution in [0.2, 0.25) is 0 Å². The quantitative estimate of drug-likeness (QED) is 0.713. The fourth-order valence-corrected chi connectivity index (χ4v) is 3.35. The van der Waals surface area contributed by atoms with Crippen molar-refractivity contribution in [2.75, 3.05) is 19.0 Å². The number of carboxylic acid groups (broad SMARTS) is 1. The van der Waals surface area contributed by atoms with E-state index in [1.165, 1.54) is 36.3 Å². The van der Waals surface area contributed by atoms with Gasteiger partial charge in [-0.05, 0) is 55.7 Å². The Bertz CT molecular complexity index is 943. The number of phenolic OH excluding ortho intramolecular Hbond substituents is 1. The van der Waals surface area contributed by atoms with Crippen molar-refractivity contribution in [3.63, 3.8) is 0 Å². The van der Waals surface area contributed by atoms with Gasteiger partial charge in [0.1, 0.15) is 17.5 Å². The summed E-state index contributed by atoms with van der Waals surface area (Å²) in [6.07, 6.45) is 1.94. The van der Waals surface area contributed by atoms with Gasteiger partial charge >= 0.3 is 5.97 Å². The average Bonchev–Trinajstić information content (AvgIpc) is 2.73. The number of rotatable bonds is 5. The number of nitrogens with one attached hydrogen (secondary N) is 1. The normalized spacial score (nSPS) is 16.2. The lowest BCUT2D eigenvalue weighted by molar-refractivity contribution is -0.143. The van der Waals surface area contributed by atoms with E-state index in [1.54, 1.807) is 18.2 Å². The predicted octanol–water partition coefficient (Wildman–Crippen LogP) is 2.73. The Hall–Kier alpha value is -3.55. The summed E-state index contributed by atoms with van der Waals surface area (Å²) in [7, 11) is 1.45. The first-order valence-corrected chi connectivity index (χ1v) is 9.23. The Morgan fingerprint density at radius 3 is 2.66 bits per heavy atom. The maximum Gasteiger partial charge on any atom is 0.326 e. The minimum Gasteiger partial charge on any atom is -0.507 e. The van der Waals surface area contributed by atoms with Crippen LogP contribution in [0.5, 0.6) is 11.5 Å². The molecule has 1 heterocycles. The van der Waals surface area contributed by atoms with Crippen LogP contribution in [0, 0.1) is 0 Å². The Balaban J connectivity index is 1.80. The Morgan fingerprint density at radius 2 is 1.93 bits per heavy atom. The van der Waals surface area contributed by atoms with E-state index < -0.39 is 23.8 Å². The maximum absolute atomic E-state index is 12.9. The molecule has 29 heavy (non-hydrogen) atoms. The first kappa shape index (κ1) is 20.2. The summed E-state index contributed by atoms with van der Waals surface area (Å²) in [5, 5.41) is 22.0. The zero-order valence-corrected chi connectivity index (χ0v) is 15.9. The second-order valence-corrected chi connectivity index (χ2v) is 6.77. The van der Waals surface area contributed by atoms with Gasteiger partial charge in [-0.3, -0.25) is 9.59 Å². The van der Waals surface area contributed by atoms with Crippen LogP contribution in [-0.4, -0.2) is 52.6 Å². The van der Waals surface area contributed by atoms with Crippen molar-refractivity contribution in [2.24, 2.45) is 0 Å². The third kappa shape index (κ3) is 4.48. The number of anilines is 1. The monoisotopic (exact) mass is 398 g/mol. The average molecular weight is 398 g/mol. The van der Waals surface area contributed by atoms with Gasteiger partial charge < -0.3 is 25.2 Å². The highest BCUT2D eigenvalue weighted by Gasteiger charge is 2.32. The van der Waals surface area contributed by atoms with E-state index in [9.17, 15) is 24.6 Å². The molecule has 0 aliphatic carbocycles.